The Morgan fingerprint density at radius 3 is 2.30 bits per heavy atom. The summed E-state index contributed by atoms with van der Waals surface area (Å²) < 4.78 is 29.9. The third-order valence-electron chi connectivity index (χ3n) is 5.63. The van der Waals surface area contributed by atoms with Gasteiger partial charge in [-0.05, 0) is 42.9 Å². The molecule has 7 heteroatoms. The number of hydrogen-bond acceptors (Lipinski definition) is 4. The average molecular weight is 425 g/mol. The van der Waals surface area contributed by atoms with Crippen LogP contribution in [0.3, 0.4) is 0 Å². The van der Waals surface area contributed by atoms with Gasteiger partial charge in [-0.25, -0.2) is 8.42 Å². The first kappa shape index (κ1) is 20.8. The molecule has 0 bridgehead atoms. The van der Waals surface area contributed by atoms with Gasteiger partial charge in [0.1, 0.15) is 6.33 Å². The highest BCUT2D eigenvalue weighted by Gasteiger charge is 2.31. The number of nitrogens with zero attached hydrogens (tertiary/aromatic N) is 4. The first-order valence-corrected chi connectivity index (χ1v) is 11.9. The summed E-state index contributed by atoms with van der Waals surface area (Å²) in [6.07, 6.45) is 4.18. The smallest absolute Gasteiger partial charge is 0.243 e. The van der Waals surface area contributed by atoms with Crippen molar-refractivity contribution in [1.29, 1.82) is 0 Å². The lowest BCUT2D eigenvalue weighted by Gasteiger charge is -2.32. The molecule has 3 aromatic rings. The first-order chi connectivity index (χ1) is 14.4. The zero-order valence-electron chi connectivity index (χ0n) is 17.5. The van der Waals surface area contributed by atoms with E-state index in [-0.39, 0.29) is 6.04 Å². The van der Waals surface area contributed by atoms with Gasteiger partial charge in [0.15, 0.2) is 5.82 Å². The lowest BCUT2D eigenvalue weighted by Crippen LogP contribution is -2.39. The van der Waals surface area contributed by atoms with Gasteiger partial charge in [-0.15, -0.1) is 10.2 Å². The van der Waals surface area contributed by atoms with E-state index in [1.807, 2.05) is 42.5 Å². The normalized spacial score (nSPS) is 16.2. The predicted octanol–water partition coefficient (Wildman–Crippen LogP) is 4.17. The Morgan fingerprint density at radius 1 is 1.00 bits per heavy atom. The molecule has 2 aromatic carbocycles. The molecule has 4 rings (SSSR count). The molecule has 158 valence electrons. The van der Waals surface area contributed by atoms with Crippen LogP contribution in [-0.2, 0) is 16.4 Å². The largest absolute Gasteiger partial charge is 0.310 e. The van der Waals surface area contributed by atoms with Crippen LogP contribution >= 0.6 is 0 Å². The van der Waals surface area contributed by atoms with Crippen molar-refractivity contribution in [2.45, 2.75) is 44.0 Å². The molecule has 0 spiro atoms. The molecular weight excluding hydrogens is 396 g/mol. The molecule has 6 nitrogen and oxygen atoms in total. The van der Waals surface area contributed by atoms with Gasteiger partial charge in [-0.3, -0.25) is 0 Å². The number of benzene rings is 2. The van der Waals surface area contributed by atoms with Crippen LogP contribution in [0.2, 0.25) is 0 Å². The van der Waals surface area contributed by atoms with Crippen LogP contribution in [0, 0.1) is 5.92 Å². The van der Waals surface area contributed by atoms with Crippen LogP contribution in [0.5, 0.6) is 0 Å². The maximum Gasteiger partial charge on any atom is 0.243 e. The molecule has 0 aliphatic carbocycles. The number of piperidine rings is 1. The van der Waals surface area contributed by atoms with Gasteiger partial charge in [-0.1, -0.05) is 56.3 Å². The van der Waals surface area contributed by atoms with Crippen molar-refractivity contribution in [3.63, 3.8) is 0 Å². The summed E-state index contributed by atoms with van der Waals surface area (Å²) in [4.78, 5) is 0.378. The molecule has 2 heterocycles. The van der Waals surface area contributed by atoms with Crippen molar-refractivity contribution in [2.24, 2.45) is 5.92 Å². The number of sulfonamides is 1. The molecule has 1 aliphatic heterocycles. The van der Waals surface area contributed by atoms with E-state index < -0.39 is 10.0 Å². The van der Waals surface area contributed by atoms with Crippen molar-refractivity contribution >= 4 is 10.0 Å². The van der Waals surface area contributed by atoms with E-state index >= 15 is 0 Å². The molecule has 1 aliphatic rings. The third-order valence-corrected chi connectivity index (χ3v) is 7.54. The average Bonchev–Trinajstić information content (AvgIpc) is 3.24. The molecule has 1 fully saturated rings. The molecule has 0 radical (unpaired) electrons. The topological polar surface area (TPSA) is 68.1 Å². The summed E-state index contributed by atoms with van der Waals surface area (Å²) in [6, 6.07) is 17.5. The molecule has 0 atom stereocenters. The Morgan fingerprint density at radius 2 is 1.67 bits per heavy atom. The second kappa shape index (κ2) is 8.70. The van der Waals surface area contributed by atoms with Gasteiger partial charge in [0, 0.05) is 24.7 Å². The summed E-state index contributed by atoms with van der Waals surface area (Å²) in [5, 5.41) is 8.39. The third kappa shape index (κ3) is 4.32. The van der Waals surface area contributed by atoms with E-state index in [2.05, 4.69) is 28.6 Å². The van der Waals surface area contributed by atoms with Gasteiger partial charge in [0.25, 0.3) is 0 Å². The fraction of sp³-hybridized carbons (Fsp3) is 0.391. The minimum Gasteiger partial charge on any atom is -0.310 e. The summed E-state index contributed by atoms with van der Waals surface area (Å²) in [6.45, 7) is 5.31. The van der Waals surface area contributed by atoms with Crippen molar-refractivity contribution in [2.75, 3.05) is 13.1 Å². The predicted molar refractivity (Wildman–Crippen MR) is 117 cm³/mol. The van der Waals surface area contributed by atoms with Crippen LogP contribution in [0.1, 0.15) is 38.3 Å². The molecule has 1 aromatic heterocycles. The fourth-order valence-corrected chi connectivity index (χ4v) is 5.55. The summed E-state index contributed by atoms with van der Waals surface area (Å²) >= 11 is 0. The zero-order chi connectivity index (χ0) is 21.1. The lowest BCUT2D eigenvalue weighted by molar-refractivity contribution is 0.275. The summed E-state index contributed by atoms with van der Waals surface area (Å²) in [5.74, 6) is 1.38. The van der Waals surface area contributed by atoms with Gasteiger partial charge >= 0.3 is 0 Å². The van der Waals surface area contributed by atoms with Crippen LogP contribution in [0.15, 0.2) is 65.8 Å². The van der Waals surface area contributed by atoms with Gasteiger partial charge in [0.05, 0.1) is 4.90 Å². The van der Waals surface area contributed by atoms with Crippen molar-refractivity contribution < 1.29 is 8.42 Å². The summed E-state index contributed by atoms with van der Waals surface area (Å²) in [7, 11) is -3.47. The number of aromatic nitrogens is 3. The quantitative estimate of drug-likeness (QED) is 0.596. The monoisotopic (exact) mass is 424 g/mol. The highest BCUT2D eigenvalue weighted by atomic mass is 32.2. The highest BCUT2D eigenvalue weighted by Crippen LogP contribution is 2.30. The Labute approximate surface area is 178 Å². The van der Waals surface area contributed by atoms with E-state index in [9.17, 15) is 8.42 Å². The second-order valence-electron chi connectivity index (χ2n) is 8.31. The Kier molecular flexibility index (Phi) is 6.01. The van der Waals surface area contributed by atoms with E-state index in [0.29, 0.717) is 23.9 Å². The minimum absolute atomic E-state index is 0.190. The van der Waals surface area contributed by atoms with E-state index in [0.717, 1.165) is 30.7 Å². The minimum atomic E-state index is -3.47. The molecule has 0 unspecified atom stereocenters. The van der Waals surface area contributed by atoms with Crippen molar-refractivity contribution in [1.82, 2.24) is 19.1 Å². The fourth-order valence-electron chi connectivity index (χ4n) is 4.08. The van der Waals surface area contributed by atoms with Crippen LogP contribution in [-0.4, -0.2) is 40.6 Å². The van der Waals surface area contributed by atoms with Crippen LogP contribution in [0.4, 0.5) is 0 Å². The molecule has 1 saturated heterocycles. The molecule has 30 heavy (non-hydrogen) atoms. The standard InChI is InChI=1S/C23H28N4O2S/c1-18(2)16-19-8-10-22(11-9-19)30(28,29)26-14-12-21(13-15-26)27-17-24-25-23(27)20-6-4-3-5-7-20/h3-11,17-18,21H,12-16H2,1-2H3. The first-order valence-electron chi connectivity index (χ1n) is 10.5. The van der Waals surface area contributed by atoms with E-state index in [1.54, 1.807) is 22.8 Å². The lowest BCUT2D eigenvalue weighted by atomic mass is 10.0. The van der Waals surface area contributed by atoms with Crippen molar-refractivity contribution in [3.05, 3.63) is 66.5 Å². The van der Waals surface area contributed by atoms with Gasteiger partial charge in [0.2, 0.25) is 10.0 Å². The maximum absolute atomic E-state index is 13.1. The van der Waals surface area contributed by atoms with E-state index in [1.165, 1.54) is 5.56 Å². The SMILES string of the molecule is CC(C)Cc1ccc(S(=O)(=O)N2CCC(n3cnnc3-c3ccccc3)CC2)cc1. The number of rotatable bonds is 6. The zero-order valence-corrected chi connectivity index (χ0v) is 18.3. The van der Waals surface area contributed by atoms with Gasteiger partial charge in [-0.2, -0.15) is 4.31 Å². The molecule has 0 saturated carbocycles. The molecule has 0 amide bonds. The molecular formula is C23H28N4O2S. The van der Waals surface area contributed by atoms with Crippen LogP contribution < -0.4 is 0 Å². The van der Waals surface area contributed by atoms with Gasteiger partial charge < -0.3 is 4.57 Å². The number of hydrogen-bond donors (Lipinski definition) is 0. The van der Waals surface area contributed by atoms with E-state index in [4.69, 9.17) is 0 Å². The second-order valence-corrected chi connectivity index (χ2v) is 10.2. The Bertz CT molecular complexity index is 1070. The summed E-state index contributed by atoms with van der Waals surface area (Å²) in [5.41, 5.74) is 2.19. The van der Waals surface area contributed by atoms with Crippen LogP contribution in [0.25, 0.3) is 11.4 Å². The van der Waals surface area contributed by atoms with Crippen molar-refractivity contribution in [3.8, 4) is 11.4 Å². The Balaban J connectivity index is 1.45. The maximum atomic E-state index is 13.1. The Hall–Kier alpha value is -2.51. The molecule has 0 N–H and O–H groups in total. The highest BCUT2D eigenvalue weighted by molar-refractivity contribution is 7.89.